The molecule has 0 spiro atoms. The van der Waals surface area contributed by atoms with Gasteiger partial charge in [-0.3, -0.25) is 0 Å². The topological polar surface area (TPSA) is 59.6 Å². The zero-order chi connectivity index (χ0) is 14.6. The Hall–Kier alpha value is -0.810. The third-order valence-electron chi connectivity index (χ3n) is 3.92. The summed E-state index contributed by atoms with van der Waals surface area (Å²) >= 11 is 0. The van der Waals surface area contributed by atoms with E-state index in [0.29, 0.717) is 5.92 Å². The molecule has 0 aromatic carbocycles. The molecule has 0 aliphatic carbocycles. The predicted octanol–water partition coefficient (Wildman–Crippen LogP) is 2.06. The van der Waals surface area contributed by atoms with Crippen LogP contribution in [-0.2, 0) is 9.47 Å². The van der Waals surface area contributed by atoms with Crippen molar-refractivity contribution >= 4 is 6.09 Å². The number of alkyl carbamates (subject to hydrolysis) is 1. The van der Waals surface area contributed by atoms with Gasteiger partial charge in [0.25, 0.3) is 0 Å². The summed E-state index contributed by atoms with van der Waals surface area (Å²) in [4.78, 5) is 12.0. The lowest BCUT2D eigenvalue weighted by Gasteiger charge is -2.39. The van der Waals surface area contributed by atoms with Crippen molar-refractivity contribution in [1.82, 2.24) is 10.6 Å². The van der Waals surface area contributed by atoms with E-state index < -0.39 is 5.60 Å². The molecule has 0 bridgehead atoms. The Morgan fingerprint density at radius 2 is 1.95 bits per heavy atom. The van der Waals surface area contributed by atoms with Crippen molar-refractivity contribution < 1.29 is 14.3 Å². The van der Waals surface area contributed by atoms with Gasteiger partial charge in [0.05, 0.1) is 12.1 Å². The van der Waals surface area contributed by atoms with Crippen molar-refractivity contribution in [2.24, 2.45) is 5.92 Å². The van der Waals surface area contributed by atoms with E-state index in [-0.39, 0.29) is 18.2 Å². The van der Waals surface area contributed by atoms with Gasteiger partial charge in [0.15, 0.2) is 0 Å². The van der Waals surface area contributed by atoms with Crippen molar-refractivity contribution in [3.63, 3.8) is 0 Å². The van der Waals surface area contributed by atoms with Crippen LogP contribution in [0.2, 0.25) is 0 Å². The van der Waals surface area contributed by atoms with Crippen molar-refractivity contribution in [3.05, 3.63) is 0 Å². The number of carbonyl (C=O) groups excluding carboxylic acids is 1. The highest BCUT2D eigenvalue weighted by molar-refractivity contribution is 5.68. The van der Waals surface area contributed by atoms with Gasteiger partial charge in [0.2, 0.25) is 0 Å². The minimum Gasteiger partial charge on any atom is -0.444 e. The lowest BCUT2D eigenvalue weighted by Crippen LogP contribution is -2.52. The van der Waals surface area contributed by atoms with Crippen molar-refractivity contribution in [3.8, 4) is 0 Å². The summed E-state index contributed by atoms with van der Waals surface area (Å²) < 4.78 is 11.3. The van der Waals surface area contributed by atoms with Crippen LogP contribution in [0.4, 0.5) is 4.79 Å². The van der Waals surface area contributed by atoms with E-state index in [4.69, 9.17) is 9.47 Å². The molecular formula is C15H28N2O3. The van der Waals surface area contributed by atoms with E-state index in [1.54, 1.807) is 0 Å². The average molecular weight is 284 g/mol. The number of hydrogen-bond acceptors (Lipinski definition) is 4. The lowest BCUT2D eigenvalue weighted by molar-refractivity contribution is -0.0523. The van der Waals surface area contributed by atoms with E-state index in [9.17, 15) is 4.79 Å². The highest BCUT2D eigenvalue weighted by atomic mass is 16.6. The number of rotatable bonds is 2. The fourth-order valence-electron chi connectivity index (χ4n) is 3.05. The van der Waals surface area contributed by atoms with Crippen LogP contribution >= 0.6 is 0 Å². The summed E-state index contributed by atoms with van der Waals surface area (Å²) in [5.41, 5.74) is -0.455. The van der Waals surface area contributed by atoms with Crippen LogP contribution in [0, 0.1) is 5.92 Å². The monoisotopic (exact) mass is 284 g/mol. The molecule has 0 unspecified atom stereocenters. The van der Waals surface area contributed by atoms with Gasteiger partial charge in [0, 0.05) is 6.61 Å². The summed E-state index contributed by atoms with van der Waals surface area (Å²) in [6.45, 7) is 8.55. The van der Waals surface area contributed by atoms with E-state index in [2.05, 4.69) is 10.6 Å². The van der Waals surface area contributed by atoms with Gasteiger partial charge in [-0.25, -0.2) is 4.79 Å². The third kappa shape index (κ3) is 4.63. The molecule has 5 heteroatoms. The second-order valence-electron chi connectivity index (χ2n) is 6.82. The Bertz CT molecular complexity index is 322. The second kappa shape index (κ2) is 6.76. The summed E-state index contributed by atoms with van der Waals surface area (Å²) in [5.74, 6) is 0.538. The van der Waals surface area contributed by atoms with E-state index in [1.165, 1.54) is 0 Å². The Balaban J connectivity index is 1.91. The maximum absolute atomic E-state index is 12.0. The van der Waals surface area contributed by atoms with Crippen molar-refractivity contribution in [1.29, 1.82) is 0 Å². The molecule has 0 radical (unpaired) electrons. The number of nitrogens with one attached hydrogen (secondary N) is 2. The molecule has 0 saturated carbocycles. The quantitative estimate of drug-likeness (QED) is 0.815. The van der Waals surface area contributed by atoms with Gasteiger partial charge in [-0.2, -0.15) is 0 Å². The standard InChI is InChI=1S/C15H28N2O3/c1-15(2,3)20-14(18)17-12-5-4-10-19-13(12)11-6-8-16-9-7-11/h11-13,16H,4-10H2,1-3H3,(H,17,18)/t12-,13+/m1/s1. The van der Waals surface area contributed by atoms with Gasteiger partial charge in [-0.05, 0) is 65.5 Å². The second-order valence-corrected chi connectivity index (χ2v) is 6.82. The first kappa shape index (κ1) is 15.6. The molecule has 2 atom stereocenters. The minimum atomic E-state index is -0.455. The first-order valence-corrected chi connectivity index (χ1v) is 7.77. The Kier molecular flexibility index (Phi) is 5.27. The molecule has 2 saturated heterocycles. The van der Waals surface area contributed by atoms with E-state index in [1.807, 2.05) is 20.8 Å². The smallest absolute Gasteiger partial charge is 0.407 e. The maximum atomic E-state index is 12.0. The number of hydrogen-bond donors (Lipinski definition) is 2. The van der Waals surface area contributed by atoms with Crippen molar-refractivity contribution in [2.45, 2.75) is 64.2 Å². The molecule has 20 heavy (non-hydrogen) atoms. The number of ether oxygens (including phenoxy) is 2. The summed E-state index contributed by atoms with van der Waals surface area (Å²) in [6.07, 6.45) is 4.04. The van der Waals surface area contributed by atoms with E-state index >= 15 is 0 Å². The Morgan fingerprint density at radius 1 is 1.25 bits per heavy atom. The highest BCUT2D eigenvalue weighted by Gasteiger charge is 2.35. The lowest BCUT2D eigenvalue weighted by atomic mass is 9.85. The molecule has 0 aromatic rings. The maximum Gasteiger partial charge on any atom is 0.407 e. The number of amides is 1. The molecule has 2 rings (SSSR count). The molecule has 116 valence electrons. The molecule has 2 aliphatic heterocycles. The number of piperidine rings is 1. The summed E-state index contributed by atoms with van der Waals surface area (Å²) in [7, 11) is 0. The highest BCUT2D eigenvalue weighted by Crippen LogP contribution is 2.27. The molecule has 2 N–H and O–H groups in total. The molecular weight excluding hydrogens is 256 g/mol. The van der Waals surface area contributed by atoms with Crippen LogP contribution in [0.1, 0.15) is 46.5 Å². The summed E-state index contributed by atoms with van der Waals surface area (Å²) in [6, 6.07) is 0.0849. The zero-order valence-electron chi connectivity index (χ0n) is 12.9. The van der Waals surface area contributed by atoms with Crippen LogP contribution < -0.4 is 10.6 Å². The molecule has 1 amide bonds. The molecule has 0 aromatic heterocycles. The predicted molar refractivity (Wildman–Crippen MR) is 77.7 cm³/mol. The zero-order valence-corrected chi connectivity index (χ0v) is 12.9. The SMILES string of the molecule is CC(C)(C)OC(=O)N[C@@H]1CCCO[C@H]1C1CCNCC1. The fraction of sp³-hybridized carbons (Fsp3) is 0.933. The van der Waals surface area contributed by atoms with Crippen LogP contribution in [0.25, 0.3) is 0 Å². The largest absolute Gasteiger partial charge is 0.444 e. The average Bonchev–Trinajstić information content (AvgIpc) is 2.38. The third-order valence-corrected chi connectivity index (χ3v) is 3.92. The van der Waals surface area contributed by atoms with Crippen LogP contribution in [-0.4, -0.2) is 43.5 Å². The van der Waals surface area contributed by atoms with Crippen molar-refractivity contribution in [2.75, 3.05) is 19.7 Å². The van der Waals surface area contributed by atoms with Gasteiger partial charge in [0.1, 0.15) is 5.60 Å². The number of carbonyl (C=O) groups is 1. The van der Waals surface area contributed by atoms with Crippen LogP contribution in [0.15, 0.2) is 0 Å². The van der Waals surface area contributed by atoms with Gasteiger partial charge in [-0.1, -0.05) is 0 Å². The first-order valence-electron chi connectivity index (χ1n) is 7.77. The van der Waals surface area contributed by atoms with Crippen LogP contribution in [0.3, 0.4) is 0 Å². The Labute approximate surface area is 121 Å². The van der Waals surface area contributed by atoms with Gasteiger partial charge >= 0.3 is 6.09 Å². The van der Waals surface area contributed by atoms with Gasteiger partial charge < -0.3 is 20.1 Å². The van der Waals surface area contributed by atoms with Gasteiger partial charge in [-0.15, -0.1) is 0 Å². The summed E-state index contributed by atoms with van der Waals surface area (Å²) in [5, 5.41) is 6.39. The van der Waals surface area contributed by atoms with E-state index in [0.717, 1.165) is 45.4 Å². The molecule has 2 heterocycles. The first-order chi connectivity index (χ1) is 9.46. The van der Waals surface area contributed by atoms with Crippen LogP contribution in [0.5, 0.6) is 0 Å². The molecule has 2 fully saturated rings. The molecule has 5 nitrogen and oxygen atoms in total. The Morgan fingerprint density at radius 3 is 2.60 bits per heavy atom. The normalized spacial score (nSPS) is 28.9. The molecule has 2 aliphatic rings. The minimum absolute atomic E-state index is 0.0849. The fourth-order valence-corrected chi connectivity index (χ4v) is 3.05.